The predicted molar refractivity (Wildman–Crippen MR) is 90.2 cm³/mol. The van der Waals surface area contributed by atoms with E-state index in [1.54, 1.807) is 0 Å². The van der Waals surface area contributed by atoms with E-state index in [0.717, 1.165) is 28.7 Å². The lowest BCUT2D eigenvalue weighted by Crippen LogP contribution is -1.96. The third-order valence-electron chi connectivity index (χ3n) is 4.45. The first kappa shape index (κ1) is 17.6. The summed E-state index contributed by atoms with van der Waals surface area (Å²) in [6.07, 6.45) is 9.08. The van der Waals surface area contributed by atoms with Gasteiger partial charge in [0.1, 0.15) is 11.5 Å². The normalized spacial score (nSPS) is 12.0. The molecule has 1 rings (SSSR count). The third-order valence-corrected chi connectivity index (χ3v) is 4.45. The molecule has 0 atom stereocenters. The fourth-order valence-corrected chi connectivity index (χ4v) is 2.64. The molecule has 0 fully saturated rings. The van der Waals surface area contributed by atoms with Gasteiger partial charge in [0.15, 0.2) is 0 Å². The molecule has 21 heavy (non-hydrogen) atoms. The molecule has 0 aromatic heterocycles. The van der Waals surface area contributed by atoms with Crippen LogP contribution in [0.5, 0.6) is 11.5 Å². The van der Waals surface area contributed by atoms with E-state index in [1.165, 1.54) is 31.3 Å². The van der Waals surface area contributed by atoms with Crippen LogP contribution in [0.1, 0.15) is 68.2 Å². The number of allylic oxidation sites excluding steroid dienone is 2. The molecule has 0 spiro atoms. The lowest BCUT2D eigenvalue weighted by Gasteiger charge is -2.15. The van der Waals surface area contributed by atoms with Crippen LogP contribution in [-0.4, -0.2) is 10.2 Å². The number of unbranched alkanes of at least 4 members (excludes halogenated alkanes) is 3. The smallest absolute Gasteiger partial charge is 0.122 e. The van der Waals surface area contributed by atoms with Gasteiger partial charge in [-0.05, 0) is 63.6 Å². The van der Waals surface area contributed by atoms with E-state index < -0.39 is 0 Å². The zero-order valence-electron chi connectivity index (χ0n) is 14.2. The molecule has 0 saturated carbocycles. The van der Waals surface area contributed by atoms with Crippen molar-refractivity contribution < 1.29 is 10.2 Å². The average Bonchev–Trinajstić information content (AvgIpc) is 2.47. The second kappa shape index (κ2) is 8.11. The van der Waals surface area contributed by atoms with Crippen molar-refractivity contribution in [3.63, 3.8) is 0 Å². The predicted octanol–water partition coefficient (Wildman–Crippen LogP) is 5.48. The molecular weight excluding hydrogens is 260 g/mol. The van der Waals surface area contributed by atoms with Crippen molar-refractivity contribution in [1.82, 2.24) is 0 Å². The highest BCUT2D eigenvalue weighted by atomic mass is 16.3. The molecule has 0 aliphatic rings. The molecular formula is C19H30O2. The average molecular weight is 290 g/mol. The molecule has 0 radical (unpaired) electrons. The number of hydrogen-bond acceptors (Lipinski definition) is 2. The first-order valence-electron chi connectivity index (χ1n) is 8.06. The molecule has 1 aromatic carbocycles. The molecule has 2 N–H and O–H groups in total. The highest BCUT2D eigenvalue weighted by Crippen LogP contribution is 2.36. The Morgan fingerprint density at radius 1 is 0.905 bits per heavy atom. The highest BCUT2D eigenvalue weighted by molar-refractivity contribution is 5.57. The monoisotopic (exact) mass is 290 g/mol. The molecule has 0 saturated heterocycles. The molecule has 0 bridgehead atoms. The van der Waals surface area contributed by atoms with E-state index in [1.807, 2.05) is 20.8 Å². The van der Waals surface area contributed by atoms with E-state index in [-0.39, 0.29) is 0 Å². The van der Waals surface area contributed by atoms with Crippen LogP contribution in [0.4, 0.5) is 0 Å². The van der Waals surface area contributed by atoms with Gasteiger partial charge in [-0.15, -0.1) is 0 Å². The summed E-state index contributed by atoms with van der Waals surface area (Å²) in [4.78, 5) is 0. The zero-order chi connectivity index (χ0) is 16.0. The quantitative estimate of drug-likeness (QED) is 0.396. The summed E-state index contributed by atoms with van der Waals surface area (Å²) in [7, 11) is 0. The highest BCUT2D eigenvalue weighted by Gasteiger charge is 2.15. The lowest BCUT2D eigenvalue weighted by molar-refractivity contribution is 0.444. The number of aromatic hydroxyl groups is 2. The molecule has 118 valence electrons. The van der Waals surface area contributed by atoms with Crippen LogP contribution >= 0.6 is 0 Å². The summed E-state index contributed by atoms with van der Waals surface area (Å²) in [5.41, 5.74) is 4.56. The van der Waals surface area contributed by atoms with Crippen molar-refractivity contribution in [3.05, 3.63) is 33.9 Å². The fraction of sp³-hybridized carbons (Fsp3) is 0.579. The Labute approximate surface area is 129 Å². The first-order chi connectivity index (χ1) is 9.90. The van der Waals surface area contributed by atoms with Gasteiger partial charge in [-0.3, -0.25) is 0 Å². The van der Waals surface area contributed by atoms with Crippen LogP contribution in [0, 0.1) is 20.8 Å². The van der Waals surface area contributed by atoms with Gasteiger partial charge in [-0.25, -0.2) is 0 Å². The fourth-order valence-electron chi connectivity index (χ4n) is 2.64. The Morgan fingerprint density at radius 3 is 2.14 bits per heavy atom. The molecule has 2 heteroatoms. The topological polar surface area (TPSA) is 40.5 Å². The van der Waals surface area contributed by atoms with Crippen LogP contribution in [0.2, 0.25) is 0 Å². The van der Waals surface area contributed by atoms with Crippen LogP contribution in [0.25, 0.3) is 0 Å². The third kappa shape index (κ3) is 4.52. The van der Waals surface area contributed by atoms with Gasteiger partial charge in [-0.1, -0.05) is 37.8 Å². The number of phenols is 2. The minimum absolute atomic E-state index is 0.314. The summed E-state index contributed by atoms with van der Waals surface area (Å²) >= 11 is 0. The van der Waals surface area contributed by atoms with E-state index >= 15 is 0 Å². The Hall–Kier alpha value is -1.44. The van der Waals surface area contributed by atoms with Crippen molar-refractivity contribution in [2.24, 2.45) is 0 Å². The summed E-state index contributed by atoms with van der Waals surface area (Å²) in [6, 6.07) is 0. The second-order valence-electron chi connectivity index (χ2n) is 6.12. The van der Waals surface area contributed by atoms with Crippen LogP contribution in [0.3, 0.4) is 0 Å². The molecule has 0 aliphatic carbocycles. The van der Waals surface area contributed by atoms with Gasteiger partial charge in [-0.2, -0.15) is 0 Å². The van der Waals surface area contributed by atoms with E-state index in [9.17, 15) is 10.2 Å². The van der Waals surface area contributed by atoms with Gasteiger partial charge in [0.25, 0.3) is 0 Å². The molecule has 0 heterocycles. The Bertz CT molecular complexity index is 484. The van der Waals surface area contributed by atoms with Crippen molar-refractivity contribution in [2.75, 3.05) is 0 Å². The zero-order valence-corrected chi connectivity index (χ0v) is 14.2. The maximum atomic E-state index is 10.3. The standard InChI is InChI=1S/C19H30O2/c1-6-7-8-9-10-13(2)11-12-17-16(5)18(20)14(3)15(4)19(17)21/h11,20-21H,6-10,12H2,1-5H3. The minimum atomic E-state index is 0.314. The van der Waals surface area contributed by atoms with Gasteiger partial charge in [0.2, 0.25) is 0 Å². The summed E-state index contributed by atoms with van der Waals surface area (Å²) in [5.74, 6) is 0.645. The summed E-state index contributed by atoms with van der Waals surface area (Å²) in [5, 5.41) is 20.4. The second-order valence-corrected chi connectivity index (χ2v) is 6.12. The molecule has 0 unspecified atom stereocenters. The van der Waals surface area contributed by atoms with Crippen LogP contribution < -0.4 is 0 Å². The minimum Gasteiger partial charge on any atom is -0.507 e. The van der Waals surface area contributed by atoms with E-state index in [4.69, 9.17) is 0 Å². The van der Waals surface area contributed by atoms with Crippen LogP contribution in [-0.2, 0) is 6.42 Å². The van der Waals surface area contributed by atoms with Gasteiger partial charge in [0, 0.05) is 5.56 Å². The van der Waals surface area contributed by atoms with E-state index in [2.05, 4.69) is 19.9 Å². The Morgan fingerprint density at radius 2 is 1.52 bits per heavy atom. The van der Waals surface area contributed by atoms with Crippen molar-refractivity contribution in [2.45, 2.75) is 73.1 Å². The van der Waals surface area contributed by atoms with Crippen molar-refractivity contribution in [3.8, 4) is 11.5 Å². The summed E-state index contributed by atoms with van der Waals surface area (Å²) in [6.45, 7) is 9.95. The Kier molecular flexibility index (Phi) is 6.80. The number of hydrogen-bond donors (Lipinski definition) is 2. The number of phenolic OH excluding ortho intramolecular Hbond substituents is 2. The summed E-state index contributed by atoms with van der Waals surface area (Å²) < 4.78 is 0. The lowest BCUT2D eigenvalue weighted by atomic mass is 9.94. The van der Waals surface area contributed by atoms with Gasteiger partial charge in [0.05, 0.1) is 0 Å². The van der Waals surface area contributed by atoms with Crippen LogP contribution in [0.15, 0.2) is 11.6 Å². The van der Waals surface area contributed by atoms with Crippen molar-refractivity contribution >= 4 is 0 Å². The first-order valence-corrected chi connectivity index (χ1v) is 8.06. The van der Waals surface area contributed by atoms with E-state index in [0.29, 0.717) is 17.9 Å². The maximum absolute atomic E-state index is 10.3. The van der Waals surface area contributed by atoms with Crippen molar-refractivity contribution in [1.29, 1.82) is 0 Å². The number of rotatable bonds is 7. The number of benzene rings is 1. The largest absolute Gasteiger partial charge is 0.507 e. The van der Waals surface area contributed by atoms with Gasteiger partial charge < -0.3 is 10.2 Å². The Balaban J connectivity index is 2.80. The molecule has 1 aromatic rings. The SMILES string of the molecule is CCCCCCC(C)=CCc1c(C)c(O)c(C)c(C)c1O. The molecule has 2 nitrogen and oxygen atoms in total. The molecule has 0 amide bonds. The maximum Gasteiger partial charge on any atom is 0.122 e. The molecule has 0 aliphatic heterocycles. The van der Waals surface area contributed by atoms with Gasteiger partial charge >= 0.3 is 0 Å².